The van der Waals surface area contributed by atoms with Crippen LogP contribution in [0.5, 0.6) is 5.75 Å². The van der Waals surface area contributed by atoms with E-state index in [0.29, 0.717) is 17.2 Å². The summed E-state index contributed by atoms with van der Waals surface area (Å²) in [5.74, 6) is 0.390. The molecule has 1 N–H and O–H groups in total. The number of ether oxygens (including phenoxy) is 1. The summed E-state index contributed by atoms with van der Waals surface area (Å²) >= 11 is 6.10. The molecular formula is C15H20ClNO4S. The fraction of sp³-hybridized carbons (Fsp3) is 0.533. The highest BCUT2D eigenvalue weighted by Gasteiger charge is 2.30. The van der Waals surface area contributed by atoms with Gasteiger partial charge in [-0.2, -0.15) is 0 Å². The van der Waals surface area contributed by atoms with Gasteiger partial charge in [0.05, 0.1) is 11.5 Å². The van der Waals surface area contributed by atoms with E-state index in [1.54, 1.807) is 19.1 Å². The fourth-order valence-electron chi connectivity index (χ4n) is 2.46. The van der Waals surface area contributed by atoms with Crippen LogP contribution < -0.4 is 10.1 Å². The van der Waals surface area contributed by atoms with Crippen molar-refractivity contribution in [1.82, 2.24) is 5.32 Å². The van der Waals surface area contributed by atoms with E-state index >= 15 is 0 Å². The molecular weight excluding hydrogens is 326 g/mol. The molecule has 0 spiro atoms. The van der Waals surface area contributed by atoms with Crippen LogP contribution in [0.3, 0.4) is 0 Å². The molecule has 2 atom stereocenters. The van der Waals surface area contributed by atoms with Crippen molar-refractivity contribution in [3.63, 3.8) is 0 Å². The minimum absolute atomic E-state index is 0.00458. The lowest BCUT2D eigenvalue weighted by Crippen LogP contribution is -2.43. The molecule has 7 heteroatoms. The topological polar surface area (TPSA) is 72.5 Å². The van der Waals surface area contributed by atoms with E-state index in [4.69, 9.17) is 16.3 Å². The van der Waals surface area contributed by atoms with Gasteiger partial charge < -0.3 is 10.1 Å². The van der Waals surface area contributed by atoms with Crippen molar-refractivity contribution in [1.29, 1.82) is 0 Å². The van der Waals surface area contributed by atoms with Crippen LogP contribution in [0.4, 0.5) is 0 Å². The monoisotopic (exact) mass is 345 g/mol. The number of aryl methyl sites for hydroxylation is 2. The summed E-state index contributed by atoms with van der Waals surface area (Å²) in [5.41, 5.74) is 1.76. The molecule has 1 aliphatic heterocycles. The summed E-state index contributed by atoms with van der Waals surface area (Å²) in [6, 6.07) is 3.23. The molecule has 0 aliphatic carbocycles. The molecule has 0 saturated carbocycles. The third kappa shape index (κ3) is 4.14. The normalized spacial score (nSPS) is 21.4. The molecule has 1 saturated heterocycles. The van der Waals surface area contributed by atoms with Crippen molar-refractivity contribution in [3.05, 3.63) is 28.3 Å². The highest BCUT2D eigenvalue weighted by Crippen LogP contribution is 2.26. The number of rotatable bonds is 4. The second-order valence-corrected chi connectivity index (χ2v) is 8.35. The standard InChI is InChI=1S/C15H20ClNO4S/c1-9-6-13(7-10(2)14(9)16)21-11(3)15(18)17-12-4-5-22(19,20)8-12/h6-7,11-12H,4-5,8H2,1-3H3,(H,17,18)/t11-,12-/m0/s1. The Morgan fingerprint density at radius 1 is 1.36 bits per heavy atom. The van der Waals surface area contributed by atoms with Gasteiger partial charge in [-0.1, -0.05) is 11.6 Å². The zero-order chi connectivity index (χ0) is 16.5. The molecule has 22 heavy (non-hydrogen) atoms. The van der Waals surface area contributed by atoms with E-state index in [2.05, 4.69) is 5.32 Å². The van der Waals surface area contributed by atoms with E-state index in [-0.39, 0.29) is 23.5 Å². The zero-order valence-corrected chi connectivity index (χ0v) is 14.4. The first kappa shape index (κ1) is 17.1. The van der Waals surface area contributed by atoms with Crippen molar-refractivity contribution in [2.45, 2.75) is 39.3 Å². The van der Waals surface area contributed by atoms with Crippen LogP contribution >= 0.6 is 11.6 Å². The Morgan fingerprint density at radius 2 is 1.95 bits per heavy atom. The second kappa shape index (κ2) is 6.46. The van der Waals surface area contributed by atoms with Gasteiger partial charge >= 0.3 is 0 Å². The molecule has 5 nitrogen and oxygen atoms in total. The van der Waals surface area contributed by atoms with Crippen molar-refractivity contribution < 1.29 is 17.9 Å². The molecule has 1 aromatic carbocycles. The lowest BCUT2D eigenvalue weighted by atomic mass is 10.1. The minimum atomic E-state index is -3.01. The van der Waals surface area contributed by atoms with E-state index in [1.165, 1.54) is 0 Å². The van der Waals surface area contributed by atoms with Crippen LogP contribution in [0.25, 0.3) is 0 Å². The number of amides is 1. The quantitative estimate of drug-likeness (QED) is 0.906. The Balaban J connectivity index is 1.97. The molecule has 1 heterocycles. The number of hydrogen-bond acceptors (Lipinski definition) is 4. The van der Waals surface area contributed by atoms with Gasteiger partial charge in [0.1, 0.15) is 5.75 Å². The van der Waals surface area contributed by atoms with E-state index in [0.717, 1.165) is 11.1 Å². The highest BCUT2D eigenvalue weighted by molar-refractivity contribution is 7.91. The van der Waals surface area contributed by atoms with Gasteiger partial charge in [-0.05, 0) is 50.5 Å². The Labute approximate surface area is 135 Å². The number of benzene rings is 1. The number of nitrogens with one attached hydrogen (secondary N) is 1. The van der Waals surface area contributed by atoms with Gasteiger partial charge in [-0.25, -0.2) is 8.42 Å². The van der Waals surface area contributed by atoms with Crippen molar-refractivity contribution >= 4 is 27.3 Å². The minimum Gasteiger partial charge on any atom is -0.481 e. The number of carbonyl (C=O) groups excluding carboxylic acids is 1. The van der Waals surface area contributed by atoms with Crippen LogP contribution in [0, 0.1) is 13.8 Å². The first-order valence-electron chi connectivity index (χ1n) is 7.12. The maximum absolute atomic E-state index is 12.1. The smallest absolute Gasteiger partial charge is 0.261 e. The Kier molecular flexibility index (Phi) is 5.02. The molecule has 0 radical (unpaired) electrons. The predicted molar refractivity (Wildman–Crippen MR) is 86.2 cm³/mol. The van der Waals surface area contributed by atoms with Crippen LogP contribution in [0.15, 0.2) is 12.1 Å². The maximum Gasteiger partial charge on any atom is 0.261 e. The van der Waals surface area contributed by atoms with Gasteiger partial charge in [0.2, 0.25) is 0 Å². The number of carbonyl (C=O) groups is 1. The Hall–Kier alpha value is -1.27. The zero-order valence-electron chi connectivity index (χ0n) is 12.8. The fourth-order valence-corrected chi connectivity index (χ4v) is 4.24. The van der Waals surface area contributed by atoms with Crippen LogP contribution in [0.1, 0.15) is 24.5 Å². The van der Waals surface area contributed by atoms with Crippen molar-refractivity contribution in [3.8, 4) is 5.75 Å². The number of halogens is 1. The summed E-state index contributed by atoms with van der Waals surface area (Å²) in [6.45, 7) is 5.38. The maximum atomic E-state index is 12.1. The highest BCUT2D eigenvalue weighted by atomic mass is 35.5. The second-order valence-electron chi connectivity index (χ2n) is 5.74. The number of sulfone groups is 1. The molecule has 1 amide bonds. The molecule has 0 unspecified atom stereocenters. The lowest BCUT2D eigenvalue weighted by Gasteiger charge is -2.18. The lowest BCUT2D eigenvalue weighted by molar-refractivity contribution is -0.127. The van der Waals surface area contributed by atoms with Gasteiger partial charge in [0.25, 0.3) is 5.91 Å². The summed E-state index contributed by atoms with van der Waals surface area (Å²) < 4.78 is 28.4. The van der Waals surface area contributed by atoms with Crippen LogP contribution in [-0.2, 0) is 14.6 Å². The Bertz CT molecular complexity index is 664. The summed E-state index contributed by atoms with van der Waals surface area (Å²) in [7, 11) is -3.01. The molecule has 1 aliphatic rings. The predicted octanol–water partition coefficient (Wildman–Crippen LogP) is 2.03. The third-order valence-electron chi connectivity index (χ3n) is 3.67. The summed E-state index contributed by atoms with van der Waals surface area (Å²) in [5, 5.41) is 3.41. The van der Waals surface area contributed by atoms with Crippen LogP contribution in [0.2, 0.25) is 5.02 Å². The summed E-state index contributed by atoms with van der Waals surface area (Å²) in [4.78, 5) is 12.1. The number of hydrogen-bond donors (Lipinski definition) is 1. The first-order chi connectivity index (χ1) is 10.2. The van der Waals surface area contributed by atoms with Gasteiger partial charge in [0, 0.05) is 11.1 Å². The molecule has 122 valence electrons. The average Bonchev–Trinajstić information content (AvgIpc) is 2.75. The first-order valence-corrected chi connectivity index (χ1v) is 9.32. The van der Waals surface area contributed by atoms with E-state index in [9.17, 15) is 13.2 Å². The SMILES string of the molecule is Cc1cc(O[C@@H](C)C(=O)N[C@H]2CCS(=O)(=O)C2)cc(C)c1Cl. The Morgan fingerprint density at radius 3 is 2.45 bits per heavy atom. The van der Waals surface area contributed by atoms with Gasteiger partial charge in [-0.3, -0.25) is 4.79 Å². The van der Waals surface area contributed by atoms with Gasteiger partial charge in [0.15, 0.2) is 15.9 Å². The van der Waals surface area contributed by atoms with E-state index in [1.807, 2.05) is 13.8 Å². The van der Waals surface area contributed by atoms with Crippen LogP contribution in [-0.4, -0.2) is 38.0 Å². The third-order valence-corrected chi connectivity index (χ3v) is 6.03. The molecule has 0 bridgehead atoms. The van der Waals surface area contributed by atoms with Crippen molar-refractivity contribution in [2.24, 2.45) is 0 Å². The summed E-state index contributed by atoms with van der Waals surface area (Å²) in [6.07, 6.45) is -0.247. The van der Waals surface area contributed by atoms with Crippen molar-refractivity contribution in [2.75, 3.05) is 11.5 Å². The largest absolute Gasteiger partial charge is 0.481 e. The molecule has 2 rings (SSSR count). The molecule has 1 aromatic rings. The van der Waals surface area contributed by atoms with Gasteiger partial charge in [-0.15, -0.1) is 0 Å². The average molecular weight is 346 g/mol. The van der Waals surface area contributed by atoms with E-state index < -0.39 is 15.9 Å². The molecule has 0 aromatic heterocycles. The molecule has 1 fully saturated rings.